The highest BCUT2D eigenvalue weighted by Crippen LogP contribution is 2.22. The molecule has 0 N–H and O–H groups in total. The number of hydrogen-bond donors (Lipinski definition) is 0. The maximum atomic E-state index is 12.0. The number of Topliss-reactive ketones (excluding diaryl/α,β-unsaturated/α-hetero) is 1. The summed E-state index contributed by atoms with van der Waals surface area (Å²) in [6.07, 6.45) is -3.79. The summed E-state index contributed by atoms with van der Waals surface area (Å²) < 4.78 is 40.5. The lowest BCUT2D eigenvalue weighted by atomic mass is 10.2. The van der Waals surface area contributed by atoms with E-state index < -0.39 is 17.5 Å². The molecule has 1 aromatic heterocycles. The number of aromatic nitrogens is 1. The molecule has 0 aromatic carbocycles. The van der Waals surface area contributed by atoms with Gasteiger partial charge in [0.2, 0.25) is 5.88 Å². The second-order valence-electron chi connectivity index (χ2n) is 2.41. The van der Waals surface area contributed by atoms with E-state index in [1.807, 2.05) is 0 Å². The largest absolute Gasteiger partial charge is 0.481 e. The summed E-state index contributed by atoms with van der Waals surface area (Å²) in [4.78, 5) is 14.3. The molecule has 1 rings (SSSR count). The van der Waals surface area contributed by atoms with Crippen LogP contribution < -0.4 is 4.74 Å². The molecule has 76 valence electrons. The van der Waals surface area contributed by atoms with Gasteiger partial charge in [-0.1, -0.05) is 0 Å². The number of halogens is 3. The van der Waals surface area contributed by atoms with E-state index in [9.17, 15) is 18.0 Å². The third kappa shape index (κ3) is 2.21. The van der Waals surface area contributed by atoms with E-state index in [1.54, 1.807) is 0 Å². The van der Waals surface area contributed by atoms with Gasteiger partial charge in [0.15, 0.2) is 0 Å². The van der Waals surface area contributed by atoms with Gasteiger partial charge in [0.25, 0.3) is 5.78 Å². The zero-order valence-corrected chi connectivity index (χ0v) is 7.13. The quantitative estimate of drug-likeness (QED) is 0.691. The second kappa shape index (κ2) is 3.65. The molecule has 0 aliphatic heterocycles. The van der Waals surface area contributed by atoms with Crippen molar-refractivity contribution in [3.05, 3.63) is 23.9 Å². The summed E-state index contributed by atoms with van der Waals surface area (Å²) in [6.45, 7) is 0. The molecule has 3 nitrogen and oxygen atoms in total. The van der Waals surface area contributed by atoms with E-state index in [2.05, 4.69) is 9.72 Å². The van der Waals surface area contributed by atoms with Crippen LogP contribution in [0.5, 0.6) is 5.88 Å². The minimum atomic E-state index is -4.87. The van der Waals surface area contributed by atoms with Crippen molar-refractivity contribution in [1.82, 2.24) is 4.98 Å². The van der Waals surface area contributed by atoms with Crippen LogP contribution in [0.15, 0.2) is 18.3 Å². The molecule has 0 amide bonds. The van der Waals surface area contributed by atoms with Crippen LogP contribution in [-0.2, 0) is 0 Å². The molecule has 14 heavy (non-hydrogen) atoms. The van der Waals surface area contributed by atoms with Gasteiger partial charge in [0.05, 0.1) is 7.11 Å². The van der Waals surface area contributed by atoms with Gasteiger partial charge in [-0.05, 0) is 6.07 Å². The van der Waals surface area contributed by atoms with Gasteiger partial charge >= 0.3 is 6.18 Å². The van der Waals surface area contributed by atoms with E-state index in [0.717, 1.165) is 18.3 Å². The van der Waals surface area contributed by atoms with E-state index in [1.165, 1.54) is 7.11 Å². The predicted molar refractivity (Wildman–Crippen MR) is 41.2 cm³/mol. The van der Waals surface area contributed by atoms with Gasteiger partial charge in [-0.2, -0.15) is 13.2 Å². The highest BCUT2D eigenvalue weighted by Gasteiger charge is 2.39. The summed E-state index contributed by atoms with van der Waals surface area (Å²) in [5.41, 5.74) is -0.482. The second-order valence-corrected chi connectivity index (χ2v) is 2.41. The first-order chi connectivity index (χ1) is 6.45. The van der Waals surface area contributed by atoms with Gasteiger partial charge in [-0.3, -0.25) is 4.79 Å². The number of alkyl halides is 3. The third-order valence-electron chi connectivity index (χ3n) is 1.46. The van der Waals surface area contributed by atoms with Gasteiger partial charge in [-0.15, -0.1) is 0 Å². The fraction of sp³-hybridized carbons (Fsp3) is 0.250. The Morgan fingerprint density at radius 1 is 1.50 bits per heavy atom. The van der Waals surface area contributed by atoms with Crippen molar-refractivity contribution in [3.8, 4) is 5.88 Å². The molecule has 0 aliphatic rings. The minimum Gasteiger partial charge on any atom is -0.481 e. The monoisotopic (exact) mass is 205 g/mol. The van der Waals surface area contributed by atoms with Crippen LogP contribution in [-0.4, -0.2) is 24.1 Å². The highest BCUT2D eigenvalue weighted by atomic mass is 19.4. The van der Waals surface area contributed by atoms with Crippen LogP contribution in [0.25, 0.3) is 0 Å². The van der Waals surface area contributed by atoms with Crippen molar-refractivity contribution in [2.75, 3.05) is 7.11 Å². The molecule has 0 unspecified atom stereocenters. The fourth-order valence-electron chi connectivity index (χ4n) is 0.826. The zero-order chi connectivity index (χ0) is 10.8. The number of ether oxygens (including phenoxy) is 1. The van der Waals surface area contributed by atoms with Gasteiger partial charge < -0.3 is 4.74 Å². The van der Waals surface area contributed by atoms with Crippen LogP contribution in [0.2, 0.25) is 0 Å². The van der Waals surface area contributed by atoms with Crippen LogP contribution >= 0.6 is 0 Å². The molecule has 0 aliphatic carbocycles. The fourth-order valence-corrected chi connectivity index (χ4v) is 0.826. The average Bonchev–Trinajstić information content (AvgIpc) is 2.15. The summed E-state index contributed by atoms with van der Waals surface area (Å²) in [5.74, 6) is -1.93. The van der Waals surface area contributed by atoms with Gasteiger partial charge in [-0.25, -0.2) is 4.98 Å². The Bertz CT molecular complexity index is 349. The number of pyridine rings is 1. The number of rotatable bonds is 2. The van der Waals surface area contributed by atoms with Crippen molar-refractivity contribution in [2.24, 2.45) is 0 Å². The number of carbonyl (C=O) groups is 1. The van der Waals surface area contributed by atoms with E-state index in [0.29, 0.717) is 0 Å². The number of methoxy groups -OCH3 is 1. The molecule has 0 radical (unpaired) electrons. The Hall–Kier alpha value is -1.59. The van der Waals surface area contributed by atoms with E-state index >= 15 is 0 Å². The van der Waals surface area contributed by atoms with E-state index in [-0.39, 0.29) is 5.88 Å². The first-order valence-corrected chi connectivity index (χ1v) is 3.56. The Labute approximate surface area is 77.5 Å². The van der Waals surface area contributed by atoms with Crippen molar-refractivity contribution < 1.29 is 22.7 Å². The number of nitrogens with zero attached hydrogens (tertiary/aromatic N) is 1. The number of hydrogen-bond acceptors (Lipinski definition) is 3. The molecular weight excluding hydrogens is 199 g/mol. The predicted octanol–water partition coefficient (Wildman–Crippen LogP) is 1.84. The Kier molecular flexibility index (Phi) is 2.73. The van der Waals surface area contributed by atoms with Crippen LogP contribution in [0, 0.1) is 0 Å². The topological polar surface area (TPSA) is 39.2 Å². The van der Waals surface area contributed by atoms with Crippen LogP contribution in [0.1, 0.15) is 10.4 Å². The first kappa shape index (κ1) is 10.5. The van der Waals surface area contributed by atoms with Crippen molar-refractivity contribution in [1.29, 1.82) is 0 Å². The molecule has 1 aromatic rings. The minimum absolute atomic E-state index is 0.0277. The standard InChI is InChI=1S/C8H6F3NO2/c1-14-6-4-5(2-3-12-6)7(13)8(9,10)11/h2-4H,1H3. The Morgan fingerprint density at radius 3 is 2.64 bits per heavy atom. The van der Waals surface area contributed by atoms with Crippen molar-refractivity contribution in [3.63, 3.8) is 0 Å². The average molecular weight is 205 g/mol. The highest BCUT2D eigenvalue weighted by molar-refractivity contribution is 6.00. The smallest absolute Gasteiger partial charge is 0.454 e. The number of carbonyl (C=O) groups excluding carboxylic acids is 1. The van der Waals surface area contributed by atoms with E-state index in [4.69, 9.17) is 0 Å². The molecule has 0 fully saturated rings. The zero-order valence-electron chi connectivity index (χ0n) is 7.13. The molecule has 0 atom stereocenters. The van der Waals surface area contributed by atoms with Crippen molar-refractivity contribution >= 4 is 5.78 Å². The molecule has 0 bridgehead atoms. The lowest BCUT2D eigenvalue weighted by Crippen LogP contribution is -2.22. The van der Waals surface area contributed by atoms with Crippen LogP contribution in [0.3, 0.4) is 0 Å². The summed E-state index contributed by atoms with van der Waals surface area (Å²) >= 11 is 0. The third-order valence-corrected chi connectivity index (χ3v) is 1.46. The lowest BCUT2D eigenvalue weighted by Gasteiger charge is -2.05. The molecule has 6 heteroatoms. The Morgan fingerprint density at radius 2 is 2.14 bits per heavy atom. The normalized spacial score (nSPS) is 11.1. The molecule has 1 heterocycles. The summed E-state index contributed by atoms with van der Waals surface area (Å²) in [5, 5.41) is 0. The molecule has 0 saturated carbocycles. The Balaban J connectivity index is 3.02. The maximum Gasteiger partial charge on any atom is 0.454 e. The van der Waals surface area contributed by atoms with Gasteiger partial charge in [0, 0.05) is 17.8 Å². The summed E-state index contributed by atoms with van der Waals surface area (Å²) in [6, 6.07) is 1.92. The molecule has 0 saturated heterocycles. The maximum absolute atomic E-state index is 12.0. The SMILES string of the molecule is COc1cc(C(=O)C(F)(F)F)ccn1. The van der Waals surface area contributed by atoms with Crippen molar-refractivity contribution in [2.45, 2.75) is 6.18 Å². The van der Waals surface area contributed by atoms with Crippen LogP contribution in [0.4, 0.5) is 13.2 Å². The molecular formula is C8H6F3NO2. The first-order valence-electron chi connectivity index (χ1n) is 3.56. The van der Waals surface area contributed by atoms with Gasteiger partial charge in [0.1, 0.15) is 0 Å². The number of ketones is 1. The lowest BCUT2D eigenvalue weighted by molar-refractivity contribution is -0.0885. The summed E-state index contributed by atoms with van der Waals surface area (Å²) in [7, 11) is 1.25. The molecule has 0 spiro atoms.